The van der Waals surface area contributed by atoms with Crippen LogP contribution in [-0.4, -0.2) is 34.1 Å². The number of benzene rings is 2. The minimum absolute atomic E-state index is 0.141. The van der Waals surface area contributed by atoms with Gasteiger partial charge in [-0.2, -0.15) is 5.10 Å². The number of nitro groups is 2. The maximum Gasteiger partial charge on any atom is 0.318 e. The highest BCUT2D eigenvalue weighted by Crippen LogP contribution is 2.38. The maximum atomic E-state index is 12.0. The number of nitro benzene ring substituents is 2. The number of ether oxygens (including phenoxy) is 2. The molecule has 12 nitrogen and oxygen atoms in total. The van der Waals surface area contributed by atoms with Gasteiger partial charge < -0.3 is 9.47 Å². The smallest absolute Gasteiger partial charge is 0.318 e. The zero-order valence-corrected chi connectivity index (χ0v) is 16.5. The number of carbonyl (C=O) groups is 1. The first-order chi connectivity index (χ1) is 15.4. The molecule has 0 radical (unpaired) electrons. The largest absolute Gasteiger partial charge is 0.493 e. The van der Waals surface area contributed by atoms with Crippen LogP contribution >= 0.6 is 0 Å². The molecule has 3 aromatic rings. The summed E-state index contributed by atoms with van der Waals surface area (Å²) in [6, 6.07) is 10.7. The number of nitrogens with zero attached hydrogens (tertiary/aromatic N) is 4. The van der Waals surface area contributed by atoms with E-state index < -0.39 is 27.1 Å². The van der Waals surface area contributed by atoms with Gasteiger partial charge in [0.05, 0.1) is 29.2 Å². The summed E-state index contributed by atoms with van der Waals surface area (Å²) >= 11 is 0. The highest BCUT2D eigenvalue weighted by atomic mass is 16.6. The fraction of sp³-hybridized carbons (Fsp3) is 0.0500. The maximum absolute atomic E-state index is 12.0. The number of hydrogen-bond donors (Lipinski definition) is 1. The Labute approximate surface area is 180 Å². The van der Waals surface area contributed by atoms with Crippen molar-refractivity contribution >= 4 is 23.5 Å². The van der Waals surface area contributed by atoms with Crippen molar-refractivity contribution in [3.8, 4) is 17.2 Å². The van der Waals surface area contributed by atoms with Gasteiger partial charge in [0.15, 0.2) is 11.5 Å². The molecule has 0 saturated heterocycles. The third kappa shape index (κ3) is 5.18. The summed E-state index contributed by atoms with van der Waals surface area (Å²) in [6.07, 6.45) is 4.34. The topological polar surface area (TPSA) is 159 Å². The van der Waals surface area contributed by atoms with E-state index in [9.17, 15) is 25.0 Å². The summed E-state index contributed by atoms with van der Waals surface area (Å²) in [7, 11) is 1.37. The molecule has 1 amide bonds. The van der Waals surface area contributed by atoms with Crippen LogP contribution in [0.4, 0.5) is 11.4 Å². The van der Waals surface area contributed by atoms with Crippen molar-refractivity contribution in [2.24, 2.45) is 5.10 Å². The van der Waals surface area contributed by atoms with Gasteiger partial charge >= 0.3 is 5.69 Å². The third-order valence-corrected chi connectivity index (χ3v) is 4.08. The Balaban J connectivity index is 1.78. The molecule has 0 bridgehead atoms. The number of hydrogen-bond acceptors (Lipinski definition) is 9. The number of carbonyl (C=O) groups excluding carboxylic acids is 1. The van der Waals surface area contributed by atoms with Gasteiger partial charge in [0.1, 0.15) is 0 Å². The molecule has 3 rings (SSSR count). The number of rotatable bonds is 8. The molecule has 0 aliphatic rings. The number of non-ortho nitro benzene ring substituents is 1. The second-order valence-corrected chi connectivity index (χ2v) is 6.11. The van der Waals surface area contributed by atoms with Crippen LogP contribution in [0.2, 0.25) is 0 Å². The molecule has 0 atom stereocenters. The second kappa shape index (κ2) is 9.75. The summed E-state index contributed by atoms with van der Waals surface area (Å²) in [5.74, 6) is -0.240. The summed E-state index contributed by atoms with van der Waals surface area (Å²) in [5.41, 5.74) is 2.31. The van der Waals surface area contributed by atoms with Crippen LogP contribution in [0, 0.1) is 20.2 Å². The zero-order chi connectivity index (χ0) is 23.1. The molecule has 0 unspecified atom stereocenters. The third-order valence-electron chi connectivity index (χ3n) is 4.08. The van der Waals surface area contributed by atoms with Crippen LogP contribution in [0.5, 0.6) is 17.2 Å². The molecule has 0 aliphatic heterocycles. The van der Waals surface area contributed by atoms with E-state index in [0.717, 1.165) is 18.2 Å². The minimum Gasteiger partial charge on any atom is -0.493 e. The Bertz CT molecular complexity index is 1200. The first kappa shape index (κ1) is 21.8. The van der Waals surface area contributed by atoms with E-state index in [-0.39, 0.29) is 17.2 Å². The molecule has 12 heteroatoms. The summed E-state index contributed by atoms with van der Waals surface area (Å²) in [6.45, 7) is 0. The summed E-state index contributed by atoms with van der Waals surface area (Å²) < 4.78 is 10.8. The lowest BCUT2D eigenvalue weighted by atomic mass is 10.2. The molecule has 0 aliphatic carbocycles. The molecular formula is C20H15N5O7. The minimum atomic E-state index is -0.776. The van der Waals surface area contributed by atoms with Crippen LogP contribution in [0.15, 0.2) is 66.0 Å². The second-order valence-electron chi connectivity index (χ2n) is 6.11. The number of hydrazone groups is 1. The van der Waals surface area contributed by atoms with Gasteiger partial charge in [0, 0.05) is 24.0 Å². The Morgan fingerprint density at radius 3 is 2.38 bits per heavy atom. The fourth-order valence-corrected chi connectivity index (χ4v) is 2.55. The fourth-order valence-electron chi connectivity index (χ4n) is 2.55. The van der Waals surface area contributed by atoms with E-state index in [1.807, 2.05) is 0 Å². The van der Waals surface area contributed by atoms with Crippen molar-refractivity contribution < 1.29 is 24.1 Å². The molecule has 0 spiro atoms. The zero-order valence-electron chi connectivity index (χ0n) is 16.5. The van der Waals surface area contributed by atoms with Gasteiger partial charge in [0.2, 0.25) is 5.75 Å². The van der Waals surface area contributed by atoms with Gasteiger partial charge in [-0.05, 0) is 42.0 Å². The molecule has 32 heavy (non-hydrogen) atoms. The van der Waals surface area contributed by atoms with E-state index in [0.29, 0.717) is 11.1 Å². The Hall–Kier alpha value is -4.87. The van der Waals surface area contributed by atoms with Crippen molar-refractivity contribution in [3.63, 3.8) is 0 Å². The Morgan fingerprint density at radius 2 is 1.72 bits per heavy atom. The lowest BCUT2D eigenvalue weighted by Crippen LogP contribution is -2.17. The van der Waals surface area contributed by atoms with E-state index in [1.54, 1.807) is 6.07 Å². The van der Waals surface area contributed by atoms with Gasteiger partial charge in [0.25, 0.3) is 11.6 Å². The average molecular weight is 437 g/mol. The van der Waals surface area contributed by atoms with E-state index in [2.05, 4.69) is 15.5 Å². The number of nitrogens with one attached hydrogen (secondary N) is 1. The van der Waals surface area contributed by atoms with Gasteiger partial charge in [-0.1, -0.05) is 0 Å². The Morgan fingerprint density at radius 1 is 1.00 bits per heavy atom. The summed E-state index contributed by atoms with van der Waals surface area (Å²) in [4.78, 5) is 36.4. The monoisotopic (exact) mass is 437 g/mol. The SMILES string of the molecule is COc1cc(/C=N\NC(=O)c2ccncc2)ccc1Oc1ccc([N+](=O)[O-])cc1[N+](=O)[O-]. The number of pyridine rings is 1. The predicted molar refractivity (Wildman–Crippen MR) is 112 cm³/mol. The van der Waals surface area contributed by atoms with Gasteiger partial charge in [-0.3, -0.25) is 30.0 Å². The van der Waals surface area contributed by atoms with Gasteiger partial charge in [-0.25, -0.2) is 5.43 Å². The predicted octanol–water partition coefficient (Wildman–Crippen LogP) is 3.46. The Kier molecular flexibility index (Phi) is 6.65. The van der Waals surface area contributed by atoms with Crippen molar-refractivity contribution in [1.82, 2.24) is 10.4 Å². The normalized spacial score (nSPS) is 10.5. The van der Waals surface area contributed by atoms with Crippen molar-refractivity contribution in [2.75, 3.05) is 7.11 Å². The lowest BCUT2D eigenvalue weighted by molar-refractivity contribution is -0.394. The molecule has 162 valence electrons. The highest BCUT2D eigenvalue weighted by Gasteiger charge is 2.22. The molecule has 2 aromatic carbocycles. The molecule has 1 heterocycles. The standard InChI is InChI=1S/C20H15N5O7/c1-31-19-10-13(12-22-23-20(26)14-6-8-21-9-7-14)2-4-18(19)32-17-5-3-15(24(27)28)11-16(17)25(29)30/h2-12H,1H3,(H,23,26)/b22-12-. The molecule has 1 N–H and O–H groups in total. The molecular weight excluding hydrogens is 422 g/mol. The highest BCUT2D eigenvalue weighted by molar-refractivity contribution is 5.94. The number of methoxy groups -OCH3 is 1. The quantitative estimate of drug-likeness (QED) is 0.318. The number of aromatic nitrogens is 1. The molecule has 1 aromatic heterocycles. The molecule has 0 fully saturated rings. The van der Waals surface area contributed by atoms with Crippen molar-refractivity contribution in [3.05, 3.63) is 92.3 Å². The van der Waals surface area contributed by atoms with E-state index in [4.69, 9.17) is 9.47 Å². The number of amides is 1. The van der Waals surface area contributed by atoms with Crippen LogP contribution in [0.25, 0.3) is 0 Å². The van der Waals surface area contributed by atoms with Crippen LogP contribution in [0.3, 0.4) is 0 Å². The molecule has 0 saturated carbocycles. The first-order valence-electron chi connectivity index (χ1n) is 8.91. The van der Waals surface area contributed by atoms with Gasteiger partial charge in [-0.15, -0.1) is 0 Å². The lowest BCUT2D eigenvalue weighted by Gasteiger charge is -2.11. The van der Waals surface area contributed by atoms with Crippen LogP contribution in [-0.2, 0) is 0 Å². The van der Waals surface area contributed by atoms with Crippen LogP contribution < -0.4 is 14.9 Å². The average Bonchev–Trinajstić information content (AvgIpc) is 2.80. The van der Waals surface area contributed by atoms with Crippen LogP contribution in [0.1, 0.15) is 15.9 Å². The van der Waals surface area contributed by atoms with E-state index >= 15 is 0 Å². The van der Waals surface area contributed by atoms with E-state index in [1.165, 1.54) is 50.0 Å². The first-order valence-corrected chi connectivity index (χ1v) is 8.91. The van der Waals surface area contributed by atoms with Crippen molar-refractivity contribution in [2.45, 2.75) is 0 Å². The summed E-state index contributed by atoms with van der Waals surface area (Å²) in [5, 5.41) is 26.0. The van der Waals surface area contributed by atoms with Crippen molar-refractivity contribution in [1.29, 1.82) is 0 Å².